The smallest absolute Gasteiger partial charge is 0.248 e. The molecule has 0 radical (unpaired) electrons. The highest BCUT2D eigenvalue weighted by Crippen LogP contribution is 2.27. The van der Waals surface area contributed by atoms with Gasteiger partial charge in [0.25, 0.3) is 0 Å². The summed E-state index contributed by atoms with van der Waals surface area (Å²) in [5, 5.41) is 3.48. The predicted octanol–water partition coefficient (Wildman–Crippen LogP) is 2.86. The first-order valence-electron chi connectivity index (χ1n) is 5.76. The van der Waals surface area contributed by atoms with Gasteiger partial charge in [-0.2, -0.15) is 0 Å². The van der Waals surface area contributed by atoms with E-state index in [0.29, 0.717) is 12.0 Å². The van der Waals surface area contributed by atoms with Gasteiger partial charge in [0.2, 0.25) is 5.56 Å². The molecule has 1 heterocycles. The molecular weight excluding hydrogens is 200 g/mol. The van der Waals surface area contributed by atoms with Crippen LogP contribution in [0.25, 0.3) is 0 Å². The molecule has 0 saturated carbocycles. The number of H-pyrrole nitrogens is 1. The zero-order chi connectivity index (χ0) is 12.3. The van der Waals surface area contributed by atoms with Crippen molar-refractivity contribution in [1.29, 1.82) is 0 Å². The van der Waals surface area contributed by atoms with Crippen molar-refractivity contribution >= 4 is 5.69 Å². The summed E-state index contributed by atoms with van der Waals surface area (Å²) >= 11 is 0. The minimum Gasteiger partial charge on any atom is -0.380 e. The Morgan fingerprint density at radius 2 is 1.88 bits per heavy atom. The molecule has 0 aromatic carbocycles. The standard InChI is InChI=1S/C13H22N2O/c1-9(2)12(13(3,4)5)15-10-6-7-11(16)14-8-10/h6-9,12,15H,1-5H3,(H,14,16)/t12-/m1/s1. The highest BCUT2D eigenvalue weighted by atomic mass is 16.1. The van der Waals surface area contributed by atoms with Gasteiger partial charge in [-0.15, -0.1) is 0 Å². The zero-order valence-electron chi connectivity index (χ0n) is 10.8. The molecule has 16 heavy (non-hydrogen) atoms. The molecule has 0 aliphatic rings. The van der Waals surface area contributed by atoms with Crippen LogP contribution >= 0.6 is 0 Å². The number of anilines is 1. The van der Waals surface area contributed by atoms with Gasteiger partial charge in [-0.1, -0.05) is 34.6 Å². The van der Waals surface area contributed by atoms with E-state index in [1.807, 2.05) is 6.07 Å². The van der Waals surface area contributed by atoms with E-state index < -0.39 is 0 Å². The SMILES string of the molecule is CC(C)[C@@H](Nc1ccc(=O)[nH]c1)C(C)(C)C. The van der Waals surface area contributed by atoms with Gasteiger partial charge in [0.15, 0.2) is 0 Å². The lowest BCUT2D eigenvalue weighted by Gasteiger charge is -2.35. The molecule has 0 amide bonds. The van der Waals surface area contributed by atoms with Gasteiger partial charge < -0.3 is 10.3 Å². The third-order valence-electron chi connectivity index (χ3n) is 2.71. The van der Waals surface area contributed by atoms with Crippen LogP contribution in [0.15, 0.2) is 23.1 Å². The lowest BCUT2D eigenvalue weighted by atomic mass is 9.80. The van der Waals surface area contributed by atoms with E-state index in [4.69, 9.17) is 0 Å². The van der Waals surface area contributed by atoms with Crippen molar-refractivity contribution < 1.29 is 0 Å². The van der Waals surface area contributed by atoms with Gasteiger partial charge in [0, 0.05) is 18.3 Å². The largest absolute Gasteiger partial charge is 0.380 e. The fourth-order valence-corrected chi connectivity index (χ4v) is 2.06. The molecule has 2 N–H and O–H groups in total. The third kappa shape index (κ3) is 3.40. The van der Waals surface area contributed by atoms with Crippen LogP contribution in [0.3, 0.4) is 0 Å². The molecule has 0 bridgehead atoms. The van der Waals surface area contributed by atoms with Gasteiger partial charge in [-0.25, -0.2) is 0 Å². The van der Waals surface area contributed by atoms with E-state index in [-0.39, 0.29) is 11.0 Å². The number of hydrogen-bond donors (Lipinski definition) is 2. The van der Waals surface area contributed by atoms with Crippen LogP contribution in [-0.4, -0.2) is 11.0 Å². The highest BCUT2D eigenvalue weighted by molar-refractivity contribution is 5.41. The normalized spacial score (nSPS) is 13.9. The van der Waals surface area contributed by atoms with Crippen LogP contribution in [0.5, 0.6) is 0 Å². The first-order chi connectivity index (χ1) is 7.30. The number of pyridine rings is 1. The van der Waals surface area contributed by atoms with Crippen molar-refractivity contribution in [3.05, 3.63) is 28.7 Å². The highest BCUT2D eigenvalue weighted by Gasteiger charge is 2.27. The van der Waals surface area contributed by atoms with Gasteiger partial charge in [-0.05, 0) is 17.4 Å². The molecule has 3 heteroatoms. The molecule has 0 spiro atoms. The average Bonchev–Trinajstić information content (AvgIpc) is 2.14. The topological polar surface area (TPSA) is 44.9 Å². The van der Waals surface area contributed by atoms with E-state index in [1.165, 1.54) is 0 Å². The second-order valence-corrected chi connectivity index (χ2v) is 5.67. The fraction of sp³-hybridized carbons (Fsp3) is 0.615. The number of nitrogens with one attached hydrogen (secondary N) is 2. The lowest BCUT2D eigenvalue weighted by Crippen LogP contribution is -2.38. The molecule has 0 aliphatic heterocycles. The first kappa shape index (κ1) is 12.8. The van der Waals surface area contributed by atoms with Crippen LogP contribution in [-0.2, 0) is 0 Å². The van der Waals surface area contributed by atoms with Gasteiger partial charge in [-0.3, -0.25) is 4.79 Å². The number of rotatable bonds is 3. The Morgan fingerprint density at radius 3 is 2.25 bits per heavy atom. The van der Waals surface area contributed by atoms with Crippen molar-refractivity contribution in [1.82, 2.24) is 4.98 Å². The van der Waals surface area contributed by atoms with Crippen LogP contribution in [0, 0.1) is 11.3 Å². The lowest BCUT2D eigenvalue weighted by molar-refractivity contribution is 0.280. The molecule has 1 aromatic heterocycles. The van der Waals surface area contributed by atoms with Crippen molar-refractivity contribution in [3.63, 3.8) is 0 Å². The van der Waals surface area contributed by atoms with Crippen LogP contribution in [0.2, 0.25) is 0 Å². The Hall–Kier alpha value is -1.25. The fourth-order valence-electron chi connectivity index (χ4n) is 2.06. The van der Waals surface area contributed by atoms with Crippen LogP contribution in [0.4, 0.5) is 5.69 Å². The Bertz CT molecular complexity index is 367. The quantitative estimate of drug-likeness (QED) is 0.826. The molecule has 1 aromatic rings. The Kier molecular flexibility index (Phi) is 3.79. The van der Waals surface area contributed by atoms with E-state index in [1.54, 1.807) is 12.3 Å². The maximum atomic E-state index is 11.0. The summed E-state index contributed by atoms with van der Waals surface area (Å²) in [5.41, 5.74) is 1.08. The molecular formula is C13H22N2O. The number of aromatic nitrogens is 1. The molecule has 90 valence electrons. The van der Waals surface area contributed by atoms with Gasteiger partial charge in [0.1, 0.15) is 0 Å². The molecule has 3 nitrogen and oxygen atoms in total. The van der Waals surface area contributed by atoms with Gasteiger partial charge in [0.05, 0.1) is 5.69 Å². The third-order valence-corrected chi connectivity index (χ3v) is 2.71. The Balaban J connectivity index is 2.84. The maximum absolute atomic E-state index is 11.0. The van der Waals surface area contributed by atoms with E-state index in [2.05, 4.69) is 44.9 Å². The molecule has 0 unspecified atom stereocenters. The monoisotopic (exact) mass is 222 g/mol. The molecule has 0 aliphatic carbocycles. The molecule has 1 rings (SSSR count). The minimum atomic E-state index is -0.0672. The Morgan fingerprint density at radius 1 is 1.25 bits per heavy atom. The van der Waals surface area contributed by atoms with E-state index >= 15 is 0 Å². The molecule has 0 saturated heterocycles. The summed E-state index contributed by atoms with van der Waals surface area (Å²) in [7, 11) is 0. The van der Waals surface area contributed by atoms with Crippen molar-refractivity contribution in [2.75, 3.05) is 5.32 Å². The zero-order valence-corrected chi connectivity index (χ0v) is 10.8. The van der Waals surface area contributed by atoms with Gasteiger partial charge >= 0.3 is 0 Å². The minimum absolute atomic E-state index is 0.0672. The van der Waals surface area contributed by atoms with Crippen molar-refractivity contribution in [2.24, 2.45) is 11.3 Å². The maximum Gasteiger partial charge on any atom is 0.248 e. The first-order valence-corrected chi connectivity index (χ1v) is 5.76. The summed E-state index contributed by atoms with van der Waals surface area (Å²) in [4.78, 5) is 13.6. The van der Waals surface area contributed by atoms with E-state index in [9.17, 15) is 4.79 Å². The Labute approximate surface area is 97.3 Å². The summed E-state index contributed by atoms with van der Waals surface area (Å²) in [5.74, 6) is 0.534. The second kappa shape index (κ2) is 4.73. The number of aromatic amines is 1. The van der Waals surface area contributed by atoms with E-state index in [0.717, 1.165) is 5.69 Å². The predicted molar refractivity (Wildman–Crippen MR) is 68.8 cm³/mol. The van der Waals surface area contributed by atoms with Crippen LogP contribution in [0.1, 0.15) is 34.6 Å². The molecule has 0 fully saturated rings. The van der Waals surface area contributed by atoms with Crippen molar-refractivity contribution in [2.45, 2.75) is 40.7 Å². The average molecular weight is 222 g/mol. The summed E-state index contributed by atoms with van der Waals surface area (Å²) < 4.78 is 0. The van der Waals surface area contributed by atoms with Crippen molar-refractivity contribution in [3.8, 4) is 0 Å². The summed E-state index contributed by atoms with van der Waals surface area (Å²) in [6.07, 6.45) is 1.73. The second-order valence-electron chi connectivity index (χ2n) is 5.67. The van der Waals surface area contributed by atoms with Crippen LogP contribution < -0.4 is 10.9 Å². The molecule has 1 atom stereocenters. The number of hydrogen-bond acceptors (Lipinski definition) is 2. The summed E-state index contributed by atoms with van der Waals surface area (Å²) in [6.45, 7) is 11.1. The summed E-state index contributed by atoms with van der Waals surface area (Å²) in [6, 6.07) is 3.74.